The lowest BCUT2D eigenvalue weighted by Crippen LogP contribution is -2.62. The molecule has 2 aromatic carbocycles. The summed E-state index contributed by atoms with van der Waals surface area (Å²) in [5.74, 6) is -0.247. The fourth-order valence-corrected chi connectivity index (χ4v) is 12.7. The number of hydrogen-bond donors (Lipinski definition) is 4. The Morgan fingerprint density at radius 2 is 1.13 bits per heavy atom. The van der Waals surface area contributed by atoms with Crippen molar-refractivity contribution in [3.63, 3.8) is 0 Å². The Morgan fingerprint density at radius 1 is 0.667 bits per heavy atom. The van der Waals surface area contributed by atoms with Crippen molar-refractivity contribution in [3.05, 3.63) is 127 Å². The van der Waals surface area contributed by atoms with E-state index in [1.54, 1.807) is 24.3 Å². The molecule has 2 amide bonds. The molecule has 6 aliphatic heterocycles. The van der Waals surface area contributed by atoms with E-state index < -0.39 is 10.8 Å². The third kappa shape index (κ3) is 12.2. The number of piperidine rings is 1. The van der Waals surface area contributed by atoms with Gasteiger partial charge in [-0.3, -0.25) is 33.9 Å². The fourth-order valence-electron chi connectivity index (χ4n) is 12.7. The predicted molar refractivity (Wildman–Crippen MR) is 290 cm³/mol. The van der Waals surface area contributed by atoms with Gasteiger partial charge in [-0.1, -0.05) is 64.2 Å². The van der Waals surface area contributed by atoms with Gasteiger partial charge in [-0.25, -0.2) is 8.78 Å². The van der Waals surface area contributed by atoms with Crippen LogP contribution in [0.15, 0.2) is 70.3 Å². The van der Waals surface area contributed by atoms with Crippen molar-refractivity contribution in [2.24, 2.45) is 0 Å². The average Bonchev–Trinajstić information content (AvgIpc) is 3.80. The molecule has 4 N–H and O–H groups in total. The molecule has 0 saturated carbocycles. The van der Waals surface area contributed by atoms with Crippen LogP contribution in [0.1, 0.15) is 88.0 Å². The van der Waals surface area contributed by atoms with Crippen molar-refractivity contribution >= 4 is 30.5 Å². The van der Waals surface area contributed by atoms with Gasteiger partial charge in [0.2, 0.25) is 11.8 Å². The number of pyridine rings is 2. The third-order valence-electron chi connectivity index (χ3n) is 16.7. The molecule has 1 radical (unpaired) electrons. The molecule has 401 valence electrons. The summed E-state index contributed by atoms with van der Waals surface area (Å²) in [6.07, 6.45) is 2.87. The molecule has 15 nitrogen and oxygen atoms in total. The Bertz CT molecular complexity index is 2640. The van der Waals surface area contributed by atoms with Crippen LogP contribution >= 0.6 is 0 Å². The predicted octanol–water partition coefficient (Wildman–Crippen LogP) is 4.04. The number of likely N-dealkylation sites (tertiary alicyclic amines) is 1. The summed E-state index contributed by atoms with van der Waals surface area (Å²) in [7, 11) is 2.44. The molecule has 8 heterocycles. The SMILES string of the molecule is C[C@@H]1CN(CC(=O)N2CC(C)(C)c3[nH]c(=O)c(Cc4ccc(F)cc4)cc32)[C@@H](CN2CCC[C@H]([B][C@@H]3CN(C[C@H]4CN[C@H](C)CN4CC(=O)N4CC(C)(C)c5[nH]c(=O)c(Cc6ccc(F)cc6)cc54)CCO3)C2)CN1. The van der Waals surface area contributed by atoms with Gasteiger partial charge in [0, 0.05) is 142 Å². The van der Waals surface area contributed by atoms with E-state index in [0.717, 1.165) is 112 Å². The maximum absolute atomic E-state index is 14.4. The zero-order chi connectivity index (χ0) is 52.8. The monoisotopic (exact) mass is 1030 g/mol. The van der Waals surface area contributed by atoms with Crippen LogP contribution in [0.2, 0.25) is 5.82 Å². The molecule has 4 saturated heterocycles. The van der Waals surface area contributed by atoms with Gasteiger partial charge in [-0.05, 0) is 80.9 Å². The van der Waals surface area contributed by atoms with E-state index in [0.29, 0.717) is 49.5 Å². The highest BCUT2D eigenvalue weighted by atomic mass is 19.1. The third-order valence-corrected chi connectivity index (χ3v) is 16.7. The first-order chi connectivity index (χ1) is 35.8. The van der Waals surface area contributed by atoms with E-state index in [4.69, 9.17) is 4.74 Å². The van der Waals surface area contributed by atoms with Crippen LogP contribution in [-0.4, -0.2) is 177 Å². The summed E-state index contributed by atoms with van der Waals surface area (Å²) >= 11 is 0. The van der Waals surface area contributed by atoms with Crippen LogP contribution in [-0.2, 0) is 38.0 Å². The summed E-state index contributed by atoms with van der Waals surface area (Å²) < 4.78 is 33.8. The second-order valence-electron chi connectivity index (χ2n) is 23.9. The molecule has 75 heavy (non-hydrogen) atoms. The van der Waals surface area contributed by atoms with Gasteiger partial charge in [-0.15, -0.1) is 0 Å². The number of hydrogen-bond acceptors (Lipinski definition) is 11. The number of nitrogens with one attached hydrogen (secondary N) is 4. The number of morpholine rings is 1. The number of ether oxygens (including phenoxy) is 1. The first kappa shape index (κ1) is 53.3. The van der Waals surface area contributed by atoms with Crippen LogP contribution in [0.25, 0.3) is 0 Å². The molecule has 10 rings (SSSR count). The van der Waals surface area contributed by atoms with Crippen LogP contribution in [0.3, 0.4) is 0 Å². The summed E-state index contributed by atoms with van der Waals surface area (Å²) in [4.78, 5) is 75.2. The minimum absolute atomic E-state index is 0.00565. The summed E-state index contributed by atoms with van der Waals surface area (Å²) in [5.41, 5.74) is 4.57. The molecule has 6 aliphatic rings. The number of H-pyrrole nitrogens is 2. The lowest BCUT2D eigenvalue weighted by atomic mass is 9.56. The first-order valence-corrected chi connectivity index (χ1v) is 27.3. The van der Waals surface area contributed by atoms with E-state index in [-0.39, 0.29) is 77.8 Å². The number of nitrogens with zero attached hydrogens (tertiary/aromatic N) is 6. The standard InChI is InChI=1S/C57H76BF2N10O5/c1-36-26-67(32-50(71)69-34-56(3,4)52-47(69)22-40(54(73)63-52)20-38-9-13-43(59)14-10-38)45(24-61-36)29-65-17-7-8-42(28-65)58-49-31-66(18-19-75-49)30-46-25-62-37(2)27-68(46)33-51(72)70-35-57(5,6)53-48(70)23-41(55(74)64-53)21-39-11-15-44(60)16-12-39/h9-16,22-23,36-37,42,45-46,49,61-62H,7-8,17-21,24-35H2,1-6H3,(H,63,73)(H,64,74)/t36-,37-,42+,45-,46-,49+/m1/s1. The van der Waals surface area contributed by atoms with Gasteiger partial charge in [0.1, 0.15) is 11.6 Å². The van der Waals surface area contributed by atoms with Gasteiger partial charge in [0.05, 0.1) is 31.1 Å². The van der Waals surface area contributed by atoms with Crippen molar-refractivity contribution < 1.29 is 23.1 Å². The number of aromatic nitrogens is 2. The smallest absolute Gasteiger partial charge is 0.251 e. The maximum atomic E-state index is 14.4. The van der Waals surface area contributed by atoms with Crippen LogP contribution in [0.5, 0.6) is 0 Å². The van der Waals surface area contributed by atoms with Crippen molar-refractivity contribution in [2.75, 3.05) is 108 Å². The highest BCUT2D eigenvalue weighted by Crippen LogP contribution is 2.41. The minimum atomic E-state index is -0.429. The molecule has 4 aromatic rings. The molecule has 0 spiro atoms. The Labute approximate surface area is 441 Å². The Balaban J connectivity index is 0.741. The molecule has 4 fully saturated rings. The van der Waals surface area contributed by atoms with Gasteiger partial charge in [0.15, 0.2) is 7.28 Å². The molecule has 2 aromatic heterocycles. The van der Waals surface area contributed by atoms with Crippen molar-refractivity contribution in [1.82, 2.24) is 40.2 Å². The zero-order valence-electron chi connectivity index (χ0n) is 44.7. The number of aromatic amines is 2. The van der Waals surface area contributed by atoms with E-state index in [9.17, 15) is 28.0 Å². The molecule has 18 heteroatoms. The molecular weight excluding hydrogens is 953 g/mol. The first-order valence-electron chi connectivity index (χ1n) is 27.3. The topological polar surface area (TPSA) is 153 Å². The highest BCUT2D eigenvalue weighted by Gasteiger charge is 2.43. The van der Waals surface area contributed by atoms with Gasteiger partial charge >= 0.3 is 0 Å². The quantitative estimate of drug-likeness (QED) is 0.136. The van der Waals surface area contributed by atoms with Crippen LogP contribution in [0.4, 0.5) is 20.2 Å². The Morgan fingerprint density at radius 3 is 1.61 bits per heavy atom. The summed E-state index contributed by atoms with van der Waals surface area (Å²) in [6.45, 7) is 23.0. The van der Waals surface area contributed by atoms with Gasteiger partial charge in [0.25, 0.3) is 11.1 Å². The molecular formula is C57H76BF2N10O5. The van der Waals surface area contributed by atoms with Crippen LogP contribution in [0, 0.1) is 11.6 Å². The molecule has 0 unspecified atom stereocenters. The van der Waals surface area contributed by atoms with E-state index in [1.165, 1.54) is 24.3 Å². The average molecular weight is 1030 g/mol. The number of carbonyl (C=O) groups excluding carboxylic acids is 2. The maximum Gasteiger partial charge on any atom is 0.251 e. The molecule has 6 atom stereocenters. The Hall–Kier alpha value is -5.08. The van der Waals surface area contributed by atoms with Crippen molar-refractivity contribution in [2.45, 2.75) is 114 Å². The number of carbonyl (C=O) groups is 2. The second kappa shape index (κ2) is 22.1. The number of amides is 2. The molecule has 0 bridgehead atoms. The zero-order valence-corrected chi connectivity index (χ0v) is 44.7. The van der Waals surface area contributed by atoms with Crippen molar-refractivity contribution in [3.8, 4) is 0 Å². The van der Waals surface area contributed by atoms with E-state index in [1.807, 2.05) is 21.9 Å². The summed E-state index contributed by atoms with van der Waals surface area (Å²) in [5, 5.41) is 7.37. The number of anilines is 2. The lowest BCUT2D eigenvalue weighted by molar-refractivity contribution is -0.121. The van der Waals surface area contributed by atoms with Gasteiger partial charge < -0.3 is 40.0 Å². The number of rotatable bonds is 14. The highest BCUT2D eigenvalue weighted by molar-refractivity contribution is 6.39. The van der Waals surface area contributed by atoms with Gasteiger partial charge in [-0.2, -0.15) is 0 Å². The Kier molecular flexibility index (Phi) is 15.7. The van der Waals surface area contributed by atoms with E-state index >= 15 is 0 Å². The lowest BCUT2D eigenvalue weighted by Gasteiger charge is -2.44. The largest absolute Gasteiger partial charge is 0.385 e. The summed E-state index contributed by atoms with van der Waals surface area (Å²) in [6, 6.07) is 16.8. The second-order valence-corrected chi connectivity index (χ2v) is 23.9. The van der Waals surface area contributed by atoms with Crippen molar-refractivity contribution in [1.29, 1.82) is 0 Å². The minimum Gasteiger partial charge on any atom is -0.385 e. The number of fused-ring (bicyclic) bond motifs is 2. The number of piperazine rings is 2. The fraction of sp³-hybridized carbons (Fsp3) is 0.579. The van der Waals surface area contributed by atoms with E-state index in [2.05, 4.69) is 89.0 Å². The number of halogens is 2. The normalized spacial score (nSPS) is 26.3. The van der Waals surface area contributed by atoms with Crippen LogP contribution < -0.4 is 31.6 Å². The number of benzene rings is 2. The molecule has 0 aliphatic carbocycles.